The molecule has 0 aliphatic carbocycles. The Morgan fingerprint density at radius 2 is 1.89 bits per heavy atom. The molecule has 0 N–H and O–H groups in total. The van der Waals surface area contributed by atoms with Crippen LogP contribution in [0.25, 0.3) is 0 Å². The van der Waals surface area contributed by atoms with Crippen LogP contribution in [0.4, 0.5) is 0 Å². The van der Waals surface area contributed by atoms with Gasteiger partial charge in [0.2, 0.25) is 0 Å². The van der Waals surface area contributed by atoms with Crippen LogP contribution in [0.1, 0.15) is 11.3 Å². The van der Waals surface area contributed by atoms with E-state index in [0.717, 1.165) is 16.6 Å². The molecule has 1 unspecified atom stereocenters. The van der Waals surface area contributed by atoms with E-state index in [1.54, 1.807) is 6.20 Å². The number of aromatic nitrogens is 1. The summed E-state index contributed by atoms with van der Waals surface area (Å²) in [7, 11) is -0.856. The average Bonchev–Trinajstić information content (AvgIpc) is 2.40. The molecule has 0 aliphatic rings. The van der Waals surface area contributed by atoms with E-state index in [9.17, 15) is 4.21 Å². The number of benzene rings is 1. The Labute approximate surface area is 118 Å². The molecule has 0 aliphatic heterocycles. The number of aryl methyl sites for hydroxylation is 1. The van der Waals surface area contributed by atoms with Gasteiger partial charge in [0.15, 0.2) is 0 Å². The van der Waals surface area contributed by atoms with Gasteiger partial charge in [0.05, 0.1) is 11.4 Å². The van der Waals surface area contributed by atoms with Crippen molar-refractivity contribution in [1.82, 2.24) is 4.98 Å². The van der Waals surface area contributed by atoms with Crippen LogP contribution >= 0.6 is 15.9 Å². The largest absolute Gasteiger partial charge is 0.259 e. The summed E-state index contributed by atoms with van der Waals surface area (Å²) in [6.45, 7) is 0. The molecule has 0 spiro atoms. The molecule has 0 amide bonds. The minimum Gasteiger partial charge on any atom is -0.259 e. The molecule has 1 atom stereocenters. The van der Waals surface area contributed by atoms with Crippen molar-refractivity contribution in [2.75, 3.05) is 5.75 Å². The zero-order valence-corrected chi connectivity index (χ0v) is 12.3. The molecule has 2 nitrogen and oxygen atoms in total. The molecule has 0 bridgehead atoms. The Hall–Kier alpha value is -1.00. The van der Waals surface area contributed by atoms with Gasteiger partial charge in [-0.1, -0.05) is 30.3 Å². The van der Waals surface area contributed by atoms with E-state index >= 15 is 0 Å². The van der Waals surface area contributed by atoms with Crippen LogP contribution in [0.3, 0.4) is 0 Å². The van der Waals surface area contributed by atoms with E-state index in [4.69, 9.17) is 0 Å². The molecule has 94 valence electrons. The van der Waals surface area contributed by atoms with Gasteiger partial charge in [0.1, 0.15) is 0 Å². The first-order chi connectivity index (χ1) is 8.74. The predicted octanol–water partition coefficient (Wildman–Crippen LogP) is 3.34. The van der Waals surface area contributed by atoms with Crippen molar-refractivity contribution in [2.45, 2.75) is 12.2 Å². The molecule has 0 saturated heterocycles. The predicted molar refractivity (Wildman–Crippen MR) is 78.8 cm³/mol. The van der Waals surface area contributed by atoms with Crippen LogP contribution in [0, 0.1) is 0 Å². The fraction of sp³-hybridized carbons (Fsp3) is 0.214. The highest BCUT2D eigenvalue weighted by atomic mass is 79.9. The Morgan fingerprint density at radius 3 is 2.56 bits per heavy atom. The Bertz CT molecular complexity index is 513. The lowest BCUT2D eigenvalue weighted by molar-refractivity contribution is 0.681. The first-order valence-electron chi connectivity index (χ1n) is 5.73. The molecule has 0 radical (unpaired) electrons. The van der Waals surface area contributed by atoms with E-state index in [0.29, 0.717) is 11.5 Å². The summed E-state index contributed by atoms with van der Waals surface area (Å²) >= 11 is 3.33. The molecular formula is C14H14BrNOS. The molecule has 2 rings (SSSR count). The zero-order chi connectivity index (χ0) is 12.8. The quantitative estimate of drug-likeness (QED) is 0.844. The van der Waals surface area contributed by atoms with Crippen molar-refractivity contribution in [3.05, 3.63) is 64.4 Å². The molecule has 0 saturated carbocycles. The van der Waals surface area contributed by atoms with Crippen molar-refractivity contribution in [1.29, 1.82) is 0 Å². The SMILES string of the molecule is O=S(CCc1ccccc1)Cc1ccc(Br)cn1. The van der Waals surface area contributed by atoms with Gasteiger partial charge in [-0.3, -0.25) is 9.19 Å². The highest BCUT2D eigenvalue weighted by molar-refractivity contribution is 9.10. The summed E-state index contributed by atoms with van der Waals surface area (Å²) in [4.78, 5) is 4.23. The minimum absolute atomic E-state index is 0.528. The van der Waals surface area contributed by atoms with Crippen LogP contribution in [0.2, 0.25) is 0 Å². The number of pyridine rings is 1. The fourth-order valence-electron chi connectivity index (χ4n) is 1.61. The van der Waals surface area contributed by atoms with Gasteiger partial charge in [-0.2, -0.15) is 0 Å². The molecule has 18 heavy (non-hydrogen) atoms. The Morgan fingerprint density at radius 1 is 1.11 bits per heavy atom. The summed E-state index contributed by atoms with van der Waals surface area (Å²) in [5, 5.41) is 0. The van der Waals surface area contributed by atoms with Gasteiger partial charge in [-0.05, 0) is 40.0 Å². The Kier molecular flexibility index (Phi) is 5.08. The van der Waals surface area contributed by atoms with E-state index in [-0.39, 0.29) is 0 Å². The van der Waals surface area contributed by atoms with Crippen LogP contribution in [-0.4, -0.2) is 14.9 Å². The van der Waals surface area contributed by atoms with Crippen molar-refractivity contribution < 1.29 is 4.21 Å². The summed E-state index contributed by atoms with van der Waals surface area (Å²) < 4.78 is 12.9. The van der Waals surface area contributed by atoms with Gasteiger partial charge in [-0.25, -0.2) is 0 Å². The zero-order valence-electron chi connectivity index (χ0n) is 9.88. The number of nitrogens with zero attached hydrogens (tertiary/aromatic N) is 1. The smallest absolute Gasteiger partial charge is 0.0658 e. The standard InChI is InChI=1S/C14H14BrNOS/c15-13-6-7-14(16-10-13)11-18(17)9-8-12-4-2-1-3-5-12/h1-7,10H,8-9,11H2. The first kappa shape index (κ1) is 13.4. The van der Waals surface area contributed by atoms with Crippen LogP contribution in [0.15, 0.2) is 53.1 Å². The summed E-state index contributed by atoms with van der Waals surface area (Å²) in [6.07, 6.45) is 2.59. The van der Waals surface area contributed by atoms with Crippen molar-refractivity contribution in [3.63, 3.8) is 0 Å². The molecule has 4 heteroatoms. The third kappa shape index (κ3) is 4.35. The Balaban J connectivity index is 1.84. The van der Waals surface area contributed by atoms with E-state index in [2.05, 4.69) is 33.0 Å². The number of hydrogen-bond acceptors (Lipinski definition) is 2. The molecular weight excluding hydrogens is 310 g/mol. The maximum atomic E-state index is 11.9. The molecule has 1 heterocycles. The van der Waals surface area contributed by atoms with E-state index in [1.807, 2.05) is 30.3 Å². The van der Waals surface area contributed by atoms with Gasteiger partial charge >= 0.3 is 0 Å². The average molecular weight is 324 g/mol. The number of halogens is 1. The van der Waals surface area contributed by atoms with Gasteiger partial charge in [0, 0.05) is 27.2 Å². The van der Waals surface area contributed by atoms with E-state index < -0.39 is 10.8 Å². The normalized spacial score (nSPS) is 12.3. The van der Waals surface area contributed by atoms with Gasteiger partial charge < -0.3 is 0 Å². The van der Waals surface area contributed by atoms with Crippen molar-refractivity contribution >= 4 is 26.7 Å². The van der Waals surface area contributed by atoms with Crippen molar-refractivity contribution in [2.24, 2.45) is 0 Å². The molecule has 1 aromatic heterocycles. The second-order valence-electron chi connectivity index (χ2n) is 3.99. The lowest BCUT2D eigenvalue weighted by atomic mass is 10.2. The number of hydrogen-bond donors (Lipinski definition) is 0. The number of rotatable bonds is 5. The highest BCUT2D eigenvalue weighted by Gasteiger charge is 2.03. The lowest BCUT2D eigenvalue weighted by Gasteiger charge is -2.03. The highest BCUT2D eigenvalue weighted by Crippen LogP contribution is 2.09. The molecule has 1 aromatic carbocycles. The third-order valence-corrected chi connectivity index (χ3v) is 4.31. The monoisotopic (exact) mass is 323 g/mol. The molecule has 2 aromatic rings. The van der Waals surface area contributed by atoms with Crippen LogP contribution < -0.4 is 0 Å². The third-order valence-electron chi connectivity index (χ3n) is 2.56. The fourth-order valence-corrected chi connectivity index (χ4v) is 2.95. The first-order valence-corrected chi connectivity index (χ1v) is 8.01. The summed E-state index contributed by atoms with van der Waals surface area (Å²) in [5.41, 5.74) is 2.11. The van der Waals surface area contributed by atoms with Gasteiger partial charge in [-0.15, -0.1) is 0 Å². The van der Waals surface area contributed by atoms with E-state index in [1.165, 1.54) is 5.56 Å². The van der Waals surface area contributed by atoms with Crippen molar-refractivity contribution in [3.8, 4) is 0 Å². The minimum atomic E-state index is -0.856. The second kappa shape index (κ2) is 6.81. The summed E-state index contributed by atoms with van der Waals surface area (Å²) in [6, 6.07) is 14.0. The summed E-state index contributed by atoms with van der Waals surface area (Å²) in [5.74, 6) is 1.21. The topological polar surface area (TPSA) is 30.0 Å². The second-order valence-corrected chi connectivity index (χ2v) is 6.48. The maximum absolute atomic E-state index is 11.9. The lowest BCUT2D eigenvalue weighted by Crippen LogP contribution is -2.05. The van der Waals surface area contributed by atoms with Crippen LogP contribution in [0.5, 0.6) is 0 Å². The van der Waals surface area contributed by atoms with Crippen LogP contribution in [-0.2, 0) is 23.0 Å². The molecule has 0 fully saturated rings. The maximum Gasteiger partial charge on any atom is 0.0658 e. The van der Waals surface area contributed by atoms with Gasteiger partial charge in [0.25, 0.3) is 0 Å².